The number of rotatable bonds is 11. The summed E-state index contributed by atoms with van der Waals surface area (Å²) in [6.07, 6.45) is 12.8. The minimum Gasteiger partial charge on any atom is 0 e. The van der Waals surface area contributed by atoms with Crippen LogP contribution in [0.15, 0.2) is 0 Å². The van der Waals surface area contributed by atoms with Crippen LogP contribution in [0.4, 0.5) is 0 Å². The minimum absolute atomic E-state index is 0. The topological polar surface area (TPSA) is 179 Å². The molecule has 37 heavy (non-hydrogen) atoms. The van der Waals surface area contributed by atoms with Crippen molar-refractivity contribution < 1.29 is 75.9 Å². The van der Waals surface area contributed by atoms with E-state index >= 15 is 0 Å². The summed E-state index contributed by atoms with van der Waals surface area (Å²) in [5.41, 5.74) is 0. The van der Waals surface area contributed by atoms with E-state index in [9.17, 15) is 5.11 Å². The fraction of sp³-hybridized carbons (Fsp3) is 0.615. The van der Waals surface area contributed by atoms with Crippen LogP contribution < -0.4 is 0 Å². The monoisotopic (exact) mass is 608 g/mol. The zero-order valence-electron chi connectivity index (χ0n) is 21.3. The van der Waals surface area contributed by atoms with Gasteiger partial charge in [-0.3, -0.25) is 0 Å². The molecule has 0 aliphatic rings. The maximum absolute atomic E-state index is 9.96. The molecule has 210 valence electrons. The summed E-state index contributed by atoms with van der Waals surface area (Å²) < 4.78 is 60.0. The quantitative estimate of drug-likeness (QED) is 0.147. The third kappa shape index (κ3) is 134. The van der Waals surface area contributed by atoms with Crippen molar-refractivity contribution in [2.24, 2.45) is 5.92 Å². The molecule has 0 spiro atoms. The maximum Gasteiger partial charge on any atom is 0 e. The molecule has 0 bridgehead atoms. The molecule has 9 nitrogen and oxygen atoms in total. The molecule has 0 aromatic carbocycles. The molecule has 0 saturated carbocycles. The summed E-state index contributed by atoms with van der Waals surface area (Å²) >= 11 is 0. The van der Waals surface area contributed by atoms with Gasteiger partial charge >= 0.3 is 90.4 Å². The zero-order chi connectivity index (χ0) is 30.3. The van der Waals surface area contributed by atoms with Crippen molar-refractivity contribution >= 4 is 0 Å². The molecule has 0 aromatic heterocycles. The molecule has 2 atom stereocenters. The van der Waals surface area contributed by atoms with Crippen molar-refractivity contribution in [2.45, 2.75) is 97.5 Å². The van der Waals surface area contributed by atoms with Gasteiger partial charge in [0.05, 0.1) is 6.10 Å². The van der Waals surface area contributed by atoms with Crippen LogP contribution in [0.1, 0.15) is 91.4 Å². The average molecular weight is 608 g/mol. The molecule has 0 aliphatic carbocycles. The Morgan fingerprint density at radius 3 is 1.24 bits per heavy atom. The van der Waals surface area contributed by atoms with E-state index in [0.717, 1.165) is 19.3 Å². The first-order chi connectivity index (χ1) is 17.2. The van der Waals surface area contributed by atoms with Crippen molar-refractivity contribution in [1.29, 1.82) is 0 Å². The van der Waals surface area contributed by atoms with Crippen LogP contribution in [-0.4, -0.2) is 11.2 Å². The summed E-state index contributed by atoms with van der Waals surface area (Å²) in [5.74, 6) is 6.82. The fourth-order valence-corrected chi connectivity index (χ4v) is 2.26. The van der Waals surface area contributed by atoms with Crippen LogP contribution in [0, 0.1) is 71.0 Å². The first-order valence-electron chi connectivity index (χ1n) is 10.00. The van der Waals surface area contributed by atoms with Gasteiger partial charge < -0.3 is 5.11 Å². The van der Waals surface area contributed by atoms with Gasteiger partial charge in [0.2, 0.25) is 0 Å². The van der Waals surface area contributed by atoms with E-state index < -0.39 is 0 Å². The van der Waals surface area contributed by atoms with Gasteiger partial charge in [-0.25, -0.2) is 0 Å². The van der Waals surface area contributed by atoms with E-state index in [1.54, 1.807) is 0 Å². The zero-order valence-corrected chi connectivity index (χ0v) is 23.4. The summed E-state index contributed by atoms with van der Waals surface area (Å²) in [5, 5.41) is 9.96. The second kappa shape index (κ2) is 127. The van der Waals surface area contributed by atoms with Crippen LogP contribution in [0.3, 0.4) is 0 Å². The van der Waals surface area contributed by atoms with Gasteiger partial charge in [0.25, 0.3) is 0 Å². The molecule has 0 saturated heterocycles. The molecule has 2 radical (unpaired) electrons. The van der Waals surface area contributed by atoms with Crippen LogP contribution >= 0.6 is 0 Å². The number of hydrogen-bond acceptors (Lipinski definition) is 1. The summed E-state index contributed by atoms with van der Waals surface area (Å²) in [7, 11) is 0. The SMILES string of the molecule is CCCCC#C[C@H](C)C[C@@H](O)CCCCCCCC.[C-]#[O+].[C-]#[O+].[C-]#[O+].[C-]#[O+].[C-]#[O+].[C-]#[O+].[C-]#[O+].[C-]#[O+].[Co].[Co]. The molecule has 0 heterocycles. The van der Waals surface area contributed by atoms with Gasteiger partial charge in [-0.2, -0.15) is 0 Å². The number of aliphatic hydroxyl groups excluding tert-OH is 1. The minimum atomic E-state index is -0.151. The summed E-state index contributed by atoms with van der Waals surface area (Å²) in [4.78, 5) is 0. The molecule has 0 rings (SSSR count). The largest absolute Gasteiger partial charge is 0 e. The van der Waals surface area contributed by atoms with Crippen LogP contribution in [0.5, 0.6) is 0 Å². The Bertz CT molecular complexity index is 480. The Morgan fingerprint density at radius 2 is 0.892 bits per heavy atom. The van der Waals surface area contributed by atoms with Gasteiger partial charge in [-0.05, 0) is 19.3 Å². The predicted molar refractivity (Wildman–Crippen MR) is 117 cm³/mol. The fourth-order valence-electron chi connectivity index (χ4n) is 2.26. The Labute approximate surface area is 243 Å². The second-order valence-electron chi connectivity index (χ2n) is 5.77. The third-order valence-electron chi connectivity index (χ3n) is 3.52. The average Bonchev–Trinajstić information content (AvgIpc) is 2.97. The Balaban J connectivity index is -0.0000000355. The Morgan fingerprint density at radius 1 is 0.568 bits per heavy atom. The predicted octanol–water partition coefficient (Wildman–Crippen LogP) is 5.01. The maximum atomic E-state index is 9.96. The van der Waals surface area contributed by atoms with E-state index in [2.05, 4.69) is 85.8 Å². The standard InChI is InChI=1S/C18H34O.8CO.2Co/c1-4-6-8-10-11-13-15-18(19)16-17(3)14-12-9-7-5-2;8*1-2;;/h17-19H,4-11,13,15-16H2,1-3H3;;;;;;;;;;/t17-,18-;;;;;;;;;;/m0........../s1. The van der Waals surface area contributed by atoms with E-state index in [4.69, 9.17) is 37.2 Å². The third-order valence-corrected chi connectivity index (χ3v) is 3.52. The first-order valence-corrected chi connectivity index (χ1v) is 10.00. The Hall–Kier alpha value is -1.55. The van der Waals surface area contributed by atoms with Crippen molar-refractivity contribution in [3.8, 4) is 11.8 Å². The molecule has 0 aromatic rings. The Kier molecular flexibility index (Phi) is 241. The molecule has 0 amide bonds. The molecular weight excluding hydrogens is 574 g/mol. The molecule has 0 unspecified atom stereocenters. The van der Waals surface area contributed by atoms with E-state index in [1.807, 2.05) is 0 Å². The van der Waals surface area contributed by atoms with Gasteiger partial charge in [0, 0.05) is 45.9 Å². The van der Waals surface area contributed by atoms with Gasteiger partial charge in [-0.1, -0.05) is 65.7 Å². The number of hydrogen-bond donors (Lipinski definition) is 1. The molecular formula is C26H34Co2O9. The second-order valence-corrected chi connectivity index (χ2v) is 5.77. The molecule has 11 heteroatoms. The van der Waals surface area contributed by atoms with Crippen molar-refractivity contribution in [3.05, 3.63) is 53.2 Å². The van der Waals surface area contributed by atoms with Gasteiger partial charge in [-0.15, -0.1) is 11.8 Å². The summed E-state index contributed by atoms with van der Waals surface area (Å²) in [6, 6.07) is 0. The van der Waals surface area contributed by atoms with Crippen LogP contribution in [-0.2, 0) is 70.8 Å². The smallest absolute Gasteiger partial charge is 0 e. The van der Waals surface area contributed by atoms with Gasteiger partial charge in [0.15, 0.2) is 0 Å². The summed E-state index contributed by atoms with van der Waals surface area (Å²) in [6.45, 7) is 42.6. The van der Waals surface area contributed by atoms with E-state index in [-0.39, 0.29) is 39.7 Å². The number of aliphatic hydroxyl groups is 1. The van der Waals surface area contributed by atoms with Gasteiger partial charge in [0.1, 0.15) is 0 Å². The van der Waals surface area contributed by atoms with Crippen molar-refractivity contribution in [3.63, 3.8) is 0 Å². The molecule has 1 N–H and O–H groups in total. The first kappa shape index (κ1) is 70.4. The van der Waals surface area contributed by atoms with Crippen LogP contribution in [0.2, 0.25) is 0 Å². The van der Waals surface area contributed by atoms with E-state index in [1.165, 1.54) is 51.4 Å². The normalized spacial score (nSPS) is 7.46. The molecule has 0 aliphatic heterocycles. The van der Waals surface area contributed by atoms with Crippen molar-refractivity contribution in [2.75, 3.05) is 0 Å². The van der Waals surface area contributed by atoms with Crippen LogP contribution in [0.25, 0.3) is 0 Å². The van der Waals surface area contributed by atoms with E-state index in [0.29, 0.717) is 5.92 Å². The molecule has 0 fully saturated rings. The number of unbranched alkanes of at least 4 members (excludes halogenated alkanes) is 7. The van der Waals surface area contributed by atoms with Crippen molar-refractivity contribution in [1.82, 2.24) is 0 Å².